The highest BCUT2D eigenvalue weighted by Crippen LogP contribution is 2.30. The fourth-order valence-corrected chi connectivity index (χ4v) is 3.40. The Bertz CT molecular complexity index is 1310. The van der Waals surface area contributed by atoms with Crippen LogP contribution in [0.15, 0.2) is 60.9 Å². The summed E-state index contributed by atoms with van der Waals surface area (Å²) in [4.78, 5) is 27.8. The standard InChI is InChI=1S/C22H18F3N5O2/c1-13-18(12-27-30(13)16-6-4-5-15(10-16)22(23,24)25)21(32)29-28-20(31)9-14-11-26-19-8-3-2-7-17(14)19/h2-8,10-12,26H,9H2,1H3,(H,28,31)(H,29,32). The highest BCUT2D eigenvalue weighted by molar-refractivity contribution is 5.97. The summed E-state index contributed by atoms with van der Waals surface area (Å²) in [5, 5.41) is 4.93. The van der Waals surface area contributed by atoms with E-state index in [1.165, 1.54) is 23.0 Å². The van der Waals surface area contributed by atoms with Gasteiger partial charge in [0, 0.05) is 17.1 Å². The molecule has 3 N–H and O–H groups in total. The highest BCUT2D eigenvalue weighted by atomic mass is 19.4. The molecule has 0 unspecified atom stereocenters. The first-order valence-corrected chi connectivity index (χ1v) is 9.60. The predicted octanol–water partition coefficient (Wildman–Crippen LogP) is 3.68. The molecule has 0 aliphatic heterocycles. The van der Waals surface area contributed by atoms with E-state index in [0.29, 0.717) is 5.69 Å². The SMILES string of the molecule is Cc1c(C(=O)NNC(=O)Cc2c[nH]c3ccccc23)cnn1-c1cccc(C(F)(F)F)c1. The number of carbonyl (C=O) groups is 2. The number of aromatic amines is 1. The van der Waals surface area contributed by atoms with Crippen LogP contribution in [0.5, 0.6) is 0 Å². The van der Waals surface area contributed by atoms with E-state index >= 15 is 0 Å². The average molecular weight is 441 g/mol. The molecule has 4 aromatic rings. The summed E-state index contributed by atoms with van der Waals surface area (Å²) < 4.78 is 40.2. The van der Waals surface area contributed by atoms with Crippen LogP contribution in [0.3, 0.4) is 0 Å². The second kappa shape index (κ2) is 8.22. The van der Waals surface area contributed by atoms with Crippen LogP contribution < -0.4 is 10.9 Å². The number of carbonyl (C=O) groups excluding carboxylic acids is 2. The molecule has 0 saturated heterocycles. The Morgan fingerprint density at radius 3 is 2.66 bits per heavy atom. The van der Waals surface area contributed by atoms with Gasteiger partial charge in [-0.1, -0.05) is 24.3 Å². The first-order valence-electron chi connectivity index (χ1n) is 9.60. The Balaban J connectivity index is 1.43. The van der Waals surface area contributed by atoms with Gasteiger partial charge in [0.2, 0.25) is 5.91 Å². The molecular weight excluding hydrogens is 423 g/mol. The van der Waals surface area contributed by atoms with Crippen LogP contribution in [-0.2, 0) is 17.4 Å². The number of nitrogens with one attached hydrogen (secondary N) is 3. The van der Waals surface area contributed by atoms with Gasteiger partial charge in [-0.2, -0.15) is 18.3 Å². The molecule has 164 valence electrons. The normalized spacial score (nSPS) is 11.5. The molecule has 7 nitrogen and oxygen atoms in total. The molecule has 32 heavy (non-hydrogen) atoms. The Morgan fingerprint density at radius 2 is 1.88 bits per heavy atom. The van der Waals surface area contributed by atoms with Crippen molar-refractivity contribution < 1.29 is 22.8 Å². The second-order valence-corrected chi connectivity index (χ2v) is 7.14. The minimum absolute atomic E-state index is 0.0484. The molecule has 0 aliphatic rings. The fourth-order valence-electron chi connectivity index (χ4n) is 3.40. The first-order chi connectivity index (χ1) is 15.2. The van der Waals surface area contributed by atoms with Crippen molar-refractivity contribution in [3.05, 3.63) is 83.3 Å². The van der Waals surface area contributed by atoms with Crippen molar-refractivity contribution in [1.82, 2.24) is 25.6 Å². The molecule has 2 aromatic heterocycles. The minimum atomic E-state index is -4.49. The van der Waals surface area contributed by atoms with Gasteiger partial charge in [-0.05, 0) is 36.8 Å². The number of nitrogens with zero attached hydrogens (tertiary/aromatic N) is 2. The molecule has 0 saturated carbocycles. The van der Waals surface area contributed by atoms with E-state index < -0.39 is 23.6 Å². The van der Waals surface area contributed by atoms with Crippen molar-refractivity contribution in [1.29, 1.82) is 0 Å². The van der Waals surface area contributed by atoms with E-state index in [1.54, 1.807) is 13.1 Å². The molecule has 10 heteroatoms. The lowest BCUT2D eigenvalue weighted by Gasteiger charge is -2.10. The first kappa shape index (κ1) is 21.2. The topological polar surface area (TPSA) is 91.8 Å². The Labute approximate surface area is 180 Å². The maximum absolute atomic E-state index is 13.0. The quantitative estimate of drug-likeness (QED) is 0.422. The van der Waals surface area contributed by atoms with Gasteiger partial charge in [0.05, 0.1) is 35.1 Å². The number of hydrazine groups is 1. The van der Waals surface area contributed by atoms with Gasteiger partial charge in [-0.25, -0.2) is 4.68 Å². The van der Waals surface area contributed by atoms with E-state index in [2.05, 4.69) is 20.9 Å². The Morgan fingerprint density at radius 1 is 1.09 bits per heavy atom. The van der Waals surface area contributed by atoms with E-state index in [0.717, 1.165) is 28.6 Å². The monoisotopic (exact) mass is 441 g/mol. The van der Waals surface area contributed by atoms with Crippen molar-refractivity contribution in [3.8, 4) is 5.69 Å². The number of aromatic nitrogens is 3. The van der Waals surface area contributed by atoms with Crippen LogP contribution in [0.2, 0.25) is 0 Å². The molecule has 0 spiro atoms. The zero-order valence-corrected chi connectivity index (χ0v) is 16.8. The molecule has 0 atom stereocenters. The molecule has 2 amide bonds. The van der Waals surface area contributed by atoms with Crippen LogP contribution in [0, 0.1) is 6.92 Å². The fraction of sp³-hybridized carbons (Fsp3) is 0.136. The van der Waals surface area contributed by atoms with Gasteiger partial charge in [-0.3, -0.25) is 20.4 Å². The number of hydrogen-bond donors (Lipinski definition) is 3. The lowest BCUT2D eigenvalue weighted by molar-refractivity contribution is -0.137. The lowest BCUT2D eigenvalue weighted by atomic mass is 10.1. The number of H-pyrrole nitrogens is 1. The van der Waals surface area contributed by atoms with Gasteiger partial charge in [0.15, 0.2) is 0 Å². The minimum Gasteiger partial charge on any atom is -0.361 e. The van der Waals surface area contributed by atoms with Crippen LogP contribution in [0.1, 0.15) is 27.2 Å². The summed E-state index contributed by atoms with van der Waals surface area (Å²) in [6.07, 6.45) is -1.48. The van der Waals surface area contributed by atoms with E-state index in [9.17, 15) is 22.8 Å². The van der Waals surface area contributed by atoms with Gasteiger partial charge in [0.25, 0.3) is 5.91 Å². The zero-order valence-electron chi connectivity index (χ0n) is 16.8. The number of hydrogen-bond acceptors (Lipinski definition) is 3. The Kier molecular flexibility index (Phi) is 5.43. The van der Waals surface area contributed by atoms with Crippen molar-refractivity contribution in [2.24, 2.45) is 0 Å². The maximum Gasteiger partial charge on any atom is 0.416 e. The third-order valence-corrected chi connectivity index (χ3v) is 5.01. The average Bonchev–Trinajstić information content (AvgIpc) is 3.35. The molecule has 2 aromatic carbocycles. The molecule has 0 radical (unpaired) electrons. The smallest absolute Gasteiger partial charge is 0.361 e. The molecule has 0 aliphatic carbocycles. The number of amides is 2. The van der Waals surface area contributed by atoms with Crippen molar-refractivity contribution in [2.45, 2.75) is 19.5 Å². The number of halogens is 3. The number of fused-ring (bicyclic) bond motifs is 1. The summed E-state index contributed by atoms with van der Waals surface area (Å²) in [5.74, 6) is -1.06. The molecule has 0 bridgehead atoms. The summed E-state index contributed by atoms with van der Waals surface area (Å²) in [6, 6.07) is 12.2. The Hall–Kier alpha value is -4.08. The summed E-state index contributed by atoms with van der Waals surface area (Å²) in [7, 11) is 0. The highest BCUT2D eigenvalue weighted by Gasteiger charge is 2.30. The van der Waals surface area contributed by atoms with Crippen LogP contribution in [0.4, 0.5) is 13.2 Å². The van der Waals surface area contributed by atoms with Crippen molar-refractivity contribution in [3.63, 3.8) is 0 Å². The van der Waals surface area contributed by atoms with Gasteiger partial charge < -0.3 is 4.98 Å². The van der Waals surface area contributed by atoms with Gasteiger partial charge in [0.1, 0.15) is 0 Å². The van der Waals surface area contributed by atoms with E-state index in [1.807, 2.05) is 24.3 Å². The summed E-state index contributed by atoms with van der Waals surface area (Å²) in [6.45, 7) is 1.55. The maximum atomic E-state index is 13.0. The van der Waals surface area contributed by atoms with Crippen LogP contribution in [-0.4, -0.2) is 26.6 Å². The summed E-state index contributed by atoms with van der Waals surface area (Å²) >= 11 is 0. The third-order valence-electron chi connectivity index (χ3n) is 5.01. The molecule has 2 heterocycles. The van der Waals surface area contributed by atoms with Crippen LogP contribution in [0.25, 0.3) is 16.6 Å². The number of rotatable bonds is 4. The zero-order chi connectivity index (χ0) is 22.9. The molecular formula is C22H18F3N5O2. The third kappa shape index (κ3) is 4.20. The lowest BCUT2D eigenvalue weighted by Crippen LogP contribution is -2.42. The second-order valence-electron chi connectivity index (χ2n) is 7.14. The summed E-state index contributed by atoms with van der Waals surface area (Å²) in [5.41, 5.74) is 6.14. The molecule has 0 fully saturated rings. The van der Waals surface area contributed by atoms with Gasteiger partial charge >= 0.3 is 6.18 Å². The number of para-hydroxylation sites is 1. The van der Waals surface area contributed by atoms with E-state index in [-0.39, 0.29) is 17.7 Å². The van der Waals surface area contributed by atoms with Crippen molar-refractivity contribution in [2.75, 3.05) is 0 Å². The number of benzene rings is 2. The van der Waals surface area contributed by atoms with E-state index in [4.69, 9.17) is 0 Å². The largest absolute Gasteiger partial charge is 0.416 e. The van der Waals surface area contributed by atoms with Gasteiger partial charge in [-0.15, -0.1) is 0 Å². The predicted molar refractivity (Wildman–Crippen MR) is 111 cm³/mol. The molecule has 4 rings (SSSR count). The number of alkyl halides is 3. The van der Waals surface area contributed by atoms with Crippen molar-refractivity contribution >= 4 is 22.7 Å². The van der Waals surface area contributed by atoms with Crippen LogP contribution >= 0.6 is 0 Å².